The van der Waals surface area contributed by atoms with E-state index in [1.165, 1.54) is 19.9 Å². The smallest absolute Gasteiger partial charge is 0.330 e. The van der Waals surface area contributed by atoms with Crippen molar-refractivity contribution < 1.29 is 4.79 Å². The Morgan fingerprint density at radius 2 is 2.03 bits per heavy atom. The maximum absolute atomic E-state index is 13.2. The van der Waals surface area contributed by atoms with E-state index >= 15 is 0 Å². The molecule has 29 heavy (non-hydrogen) atoms. The highest BCUT2D eigenvalue weighted by molar-refractivity contribution is 7.10. The molecule has 0 aromatic carbocycles. The number of nitrogen functional groups attached to an aromatic ring is 1. The van der Waals surface area contributed by atoms with Crippen molar-refractivity contribution in [2.45, 2.75) is 31.3 Å². The van der Waals surface area contributed by atoms with E-state index in [1.54, 1.807) is 22.7 Å². The average Bonchev–Trinajstić information content (AvgIpc) is 3.17. The van der Waals surface area contributed by atoms with Crippen LogP contribution in [0.5, 0.6) is 0 Å². The highest BCUT2D eigenvalue weighted by Gasteiger charge is 2.34. The molecule has 3 aromatic heterocycles. The Morgan fingerprint density at radius 1 is 1.21 bits per heavy atom. The molecule has 9 heteroatoms. The minimum Gasteiger partial charge on any atom is -0.384 e. The second kappa shape index (κ2) is 7.08. The van der Waals surface area contributed by atoms with E-state index < -0.39 is 11.2 Å². The number of nitrogens with zero attached hydrogens (tertiary/aromatic N) is 2. The van der Waals surface area contributed by atoms with Gasteiger partial charge in [-0.1, -0.05) is 6.07 Å². The molecule has 0 bridgehead atoms. The lowest BCUT2D eigenvalue weighted by molar-refractivity contribution is 0.0901. The number of carbonyl (C=O) groups is 1. The van der Waals surface area contributed by atoms with Crippen LogP contribution in [0.3, 0.4) is 0 Å². The average molecular weight is 429 g/mol. The van der Waals surface area contributed by atoms with E-state index in [-0.39, 0.29) is 35.8 Å². The van der Waals surface area contributed by atoms with Crippen molar-refractivity contribution in [3.05, 3.63) is 70.7 Å². The number of aromatic nitrogens is 2. The fourth-order valence-electron chi connectivity index (χ4n) is 4.11. The zero-order valence-electron chi connectivity index (χ0n) is 15.6. The maximum atomic E-state index is 13.2. The molecule has 5 rings (SSSR count). The molecule has 1 unspecified atom stereocenters. The fourth-order valence-corrected chi connectivity index (χ4v) is 5.89. The van der Waals surface area contributed by atoms with Gasteiger partial charge in [0.1, 0.15) is 11.4 Å². The van der Waals surface area contributed by atoms with Crippen LogP contribution in [0.1, 0.15) is 50.6 Å². The van der Waals surface area contributed by atoms with Crippen LogP contribution in [-0.2, 0) is 6.42 Å². The maximum Gasteiger partial charge on any atom is 0.330 e. The van der Waals surface area contributed by atoms with Crippen molar-refractivity contribution in [1.29, 1.82) is 0 Å². The summed E-state index contributed by atoms with van der Waals surface area (Å²) in [5.74, 6) is -0.356. The molecule has 1 atom stereocenters. The lowest BCUT2D eigenvalue weighted by Gasteiger charge is -2.35. The van der Waals surface area contributed by atoms with Gasteiger partial charge in [-0.25, -0.2) is 4.79 Å². The standard InChI is InChI=1S/C20H20N4O3S2/c21-18-16(19(26)22-20(27)24(18)11-3-4-11)13(25)10-23-7-5-14-12(6-9-29-14)17(23)15-2-1-8-28-15/h1-2,6,8-9,11,17H,3-5,7,10,21H2,(H,22,26,27). The van der Waals surface area contributed by atoms with E-state index in [0.717, 1.165) is 25.8 Å². The van der Waals surface area contributed by atoms with Crippen LogP contribution in [0, 0.1) is 0 Å². The van der Waals surface area contributed by atoms with Crippen LogP contribution in [0.15, 0.2) is 38.5 Å². The number of fused-ring (bicyclic) bond motifs is 1. The van der Waals surface area contributed by atoms with Crippen LogP contribution in [-0.4, -0.2) is 33.3 Å². The minimum absolute atomic E-state index is 0.00726. The van der Waals surface area contributed by atoms with Gasteiger partial charge in [0.2, 0.25) is 0 Å². The van der Waals surface area contributed by atoms with E-state index in [1.807, 2.05) is 11.4 Å². The number of thiophene rings is 2. The quantitative estimate of drug-likeness (QED) is 0.608. The zero-order chi connectivity index (χ0) is 20.1. The Balaban J connectivity index is 1.50. The number of Topliss-reactive ketones (excluding diaryl/α,β-unsaturated/α-hetero) is 1. The third kappa shape index (κ3) is 3.19. The topological polar surface area (TPSA) is 101 Å². The number of nitrogens with one attached hydrogen (secondary N) is 1. The summed E-state index contributed by atoms with van der Waals surface area (Å²) >= 11 is 3.40. The number of hydrogen-bond acceptors (Lipinski definition) is 7. The van der Waals surface area contributed by atoms with Crippen molar-refractivity contribution in [1.82, 2.24) is 14.5 Å². The molecule has 0 radical (unpaired) electrons. The summed E-state index contributed by atoms with van der Waals surface area (Å²) in [6, 6.07) is 6.18. The van der Waals surface area contributed by atoms with E-state index in [4.69, 9.17) is 5.73 Å². The number of ketones is 1. The molecule has 7 nitrogen and oxygen atoms in total. The summed E-state index contributed by atoms with van der Waals surface area (Å²) in [5, 5.41) is 4.12. The van der Waals surface area contributed by atoms with Crippen molar-refractivity contribution >= 4 is 34.3 Å². The van der Waals surface area contributed by atoms with Crippen LogP contribution in [0.25, 0.3) is 0 Å². The molecule has 1 aliphatic heterocycles. The van der Waals surface area contributed by atoms with Crippen LogP contribution < -0.4 is 17.0 Å². The van der Waals surface area contributed by atoms with Gasteiger partial charge in [0, 0.05) is 22.3 Å². The third-order valence-corrected chi connectivity index (χ3v) is 7.52. The predicted octanol–water partition coefficient (Wildman–Crippen LogP) is 2.41. The number of H-pyrrole nitrogens is 1. The fraction of sp³-hybridized carbons (Fsp3) is 0.350. The van der Waals surface area contributed by atoms with Crippen molar-refractivity contribution in [2.75, 3.05) is 18.8 Å². The number of aromatic amines is 1. The van der Waals surface area contributed by atoms with E-state index in [0.29, 0.717) is 0 Å². The second-order valence-corrected chi connectivity index (χ2v) is 9.46. The molecule has 0 amide bonds. The monoisotopic (exact) mass is 428 g/mol. The van der Waals surface area contributed by atoms with Crippen molar-refractivity contribution in [2.24, 2.45) is 0 Å². The van der Waals surface area contributed by atoms with Crippen LogP contribution in [0.4, 0.5) is 5.82 Å². The van der Waals surface area contributed by atoms with Gasteiger partial charge in [-0.05, 0) is 47.7 Å². The Labute approximate surface area is 174 Å². The highest BCUT2D eigenvalue weighted by atomic mass is 32.1. The van der Waals surface area contributed by atoms with Gasteiger partial charge >= 0.3 is 5.69 Å². The summed E-state index contributed by atoms with van der Waals surface area (Å²) in [6.07, 6.45) is 2.53. The summed E-state index contributed by atoms with van der Waals surface area (Å²) in [7, 11) is 0. The summed E-state index contributed by atoms with van der Waals surface area (Å²) in [6.45, 7) is 0.801. The predicted molar refractivity (Wildman–Crippen MR) is 114 cm³/mol. The molecule has 1 saturated carbocycles. The normalized spacial score (nSPS) is 19.2. The number of nitrogens with two attached hydrogens (primary N) is 1. The van der Waals surface area contributed by atoms with Gasteiger partial charge in [0.25, 0.3) is 5.56 Å². The summed E-state index contributed by atoms with van der Waals surface area (Å²) < 4.78 is 1.36. The minimum atomic E-state index is -0.699. The van der Waals surface area contributed by atoms with Crippen molar-refractivity contribution in [3.63, 3.8) is 0 Å². The Morgan fingerprint density at radius 3 is 2.76 bits per heavy atom. The SMILES string of the molecule is Nc1c(C(=O)CN2CCc3sccc3C2c2cccs2)c(=O)[nH]c(=O)n1C1CC1. The Kier molecular flexibility index (Phi) is 4.53. The third-order valence-electron chi connectivity index (χ3n) is 5.60. The van der Waals surface area contributed by atoms with Gasteiger partial charge in [-0.3, -0.25) is 24.0 Å². The molecule has 3 N–H and O–H groups in total. The molecule has 2 aliphatic rings. The number of anilines is 1. The molecule has 0 spiro atoms. The molecule has 150 valence electrons. The van der Waals surface area contributed by atoms with Gasteiger partial charge in [-0.2, -0.15) is 0 Å². The van der Waals surface area contributed by atoms with Gasteiger partial charge in [0.15, 0.2) is 5.78 Å². The van der Waals surface area contributed by atoms with Gasteiger partial charge < -0.3 is 5.73 Å². The van der Waals surface area contributed by atoms with E-state index in [9.17, 15) is 14.4 Å². The Bertz CT molecular complexity index is 1190. The summed E-state index contributed by atoms with van der Waals surface area (Å²) in [4.78, 5) is 44.6. The van der Waals surface area contributed by atoms with E-state index in [2.05, 4.69) is 27.4 Å². The van der Waals surface area contributed by atoms with Gasteiger partial charge in [0.05, 0.1) is 12.6 Å². The van der Waals surface area contributed by atoms with Crippen LogP contribution >= 0.6 is 22.7 Å². The largest absolute Gasteiger partial charge is 0.384 e. The molecule has 4 heterocycles. The first-order valence-corrected chi connectivity index (χ1v) is 11.3. The van der Waals surface area contributed by atoms with Crippen molar-refractivity contribution in [3.8, 4) is 0 Å². The molecule has 1 fully saturated rings. The summed E-state index contributed by atoms with van der Waals surface area (Å²) in [5.41, 5.74) is 6.02. The first-order chi connectivity index (χ1) is 14.0. The number of rotatable bonds is 5. The lowest BCUT2D eigenvalue weighted by Crippen LogP contribution is -2.42. The number of carbonyl (C=O) groups excluding carboxylic acids is 1. The molecule has 3 aromatic rings. The Hall–Kier alpha value is -2.49. The molecule has 1 aliphatic carbocycles. The molecular formula is C20H20N4O3S2. The second-order valence-electron chi connectivity index (χ2n) is 7.48. The molecular weight excluding hydrogens is 408 g/mol. The molecule has 0 saturated heterocycles. The van der Waals surface area contributed by atoms with Gasteiger partial charge in [-0.15, -0.1) is 22.7 Å². The zero-order valence-corrected chi connectivity index (χ0v) is 17.2. The highest BCUT2D eigenvalue weighted by Crippen LogP contribution is 2.39. The first-order valence-electron chi connectivity index (χ1n) is 9.56. The van der Waals surface area contributed by atoms with Crippen LogP contribution in [0.2, 0.25) is 0 Å². The first kappa shape index (κ1) is 18.5. The lowest BCUT2D eigenvalue weighted by atomic mass is 9.97. The number of hydrogen-bond donors (Lipinski definition) is 2.